The van der Waals surface area contributed by atoms with Crippen LogP contribution in [0.3, 0.4) is 0 Å². The molecular formula is C11H12FN3O2. The number of anilines is 1. The number of rotatable bonds is 3. The van der Waals surface area contributed by atoms with Crippen molar-refractivity contribution in [2.75, 3.05) is 12.3 Å². The first-order chi connectivity index (χ1) is 8.11. The van der Waals surface area contributed by atoms with Crippen molar-refractivity contribution in [1.82, 2.24) is 9.38 Å². The molecule has 0 bridgehead atoms. The first-order valence-corrected chi connectivity index (χ1v) is 5.19. The molecule has 2 aromatic rings. The third kappa shape index (κ3) is 2.20. The van der Waals surface area contributed by atoms with E-state index in [4.69, 9.17) is 10.5 Å². The summed E-state index contributed by atoms with van der Waals surface area (Å²) in [5.41, 5.74) is 6.68. The summed E-state index contributed by atoms with van der Waals surface area (Å²) in [5, 5.41) is 0. The summed E-state index contributed by atoms with van der Waals surface area (Å²) in [4.78, 5) is 15.5. The van der Waals surface area contributed by atoms with Crippen molar-refractivity contribution in [3.63, 3.8) is 0 Å². The normalized spacial score (nSPS) is 10.7. The Kier molecular flexibility index (Phi) is 2.95. The molecule has 0 atom stereocenters. The highest BCUT2D eigenvalue weighted by Crippen LogP contribution is 2.16. The van der Waals surface area contributed by atoms with Crippen LogP contribution in [0.4, 0.5) is 10.2 Å². The Morgan fingerprint density at radius 3 is 3.06 bits per heavy atom. The van der Waals surface area contributed by atoms with Gasteiger partial charge in [0, 0.05) is 6.20 Å². The van der Waals surface area contributed by atoms with Gasteiger partial charge < -0.3 is 10.5 Å². The second-order valence-corrected chi connectivity index (χ2v) is 3.50. The van der Waals surface area contributed by atoms with E-state index < -0.39 is 11.8 Å². The molecule has 2 N–H and O–H groups in total. The van der Waals surface area contributed by atoms with E-state index in [1.165, 1.54) is 22.7 Å². The number of halogens is 1. The van der Waals surface area contributed by atoms with E-state index in [2.05, 4.69) is 4.98 Å². The standard InChI is InChI=1S/C11H12FN3O2/c1-2-17-10(16)5-8-11(13)15-6-7(12)3-4-9(15)14-8/h3-4,6H,2,5,13H2,1H3. The minimum Gasteiger partial charge on any atom is -0.466 e. The Bertz CT molecular complexity index is 565. The molecule has 2 aromatic heterocycles. The molecule has 2 rings (SSSR count). The number of imidazole rings is 1. The van der Waals surface area contributed by atoms with Gasteiger partial charge in [0.15, 0.2) is 0 Å². The number of aromatic nitrogens is 2. The van der Waals surface area contributed by atoms with Gasteiger partial charge in [-0.3, -0.25) is 9.20 Å². The van der Waals surface area contributed by atoms with Crippen molar-refractivity contribution in [2.45, 2.75) is 13.3 Å². The van der Waals surface area contributed by atoms with Crippen LogP contribution in [0.2, 0.25) is 0 Å². The number of carbonyl (C=O) groups excluding carboxylic acids is 1. The van der Waals surface area contributed by atoms with Gasteiger partial charge in [-0.25, -0.2) is 9.37 Å². The number of nitrogens with zero attached hydrogens (tertiary/aromatic N) is 2. The SMILES string of the molecule is CCOC(=O)Cc1nc2ccc(F)cn2c1N. The van der Waals surface area contributed by atoms with Gasteiger partial charge in [-0.1, -0.05) is 0 Å². The van der Waals surface area contributed by atoms with Crippen molar-refractivity contribution in [2.24, 2.45) is 0 Å². The highest BCUT2D eigenvalue weighted by molar-refractivity contribution is 5.74. The number of hydrogen-bond acceptors (Lipinski definition) is 4. The van der Waals surface area contributed by atoms with Gasteiger partial charge in [-0.05, 0) is 19.1 Å². The molecule has 0 amide bonds. The van der Waals surface area contributed by atoms with Gasteiger partial charge in [0.2, 0.25) is 0 Å². The van der Waals surface area contributed by atoms with E-state index in [9.17, 15) is 9.18 Å². The van der Waals surface area contributed by atoms with Crippen molar-refractivity contribution in [1.29, 1.82) is 0 Å². The maximum Gasteiger partial charge on any atom is 0.312 e. The molecule has 0 fully saturated rings. The molecule has 0 aliphatic carbocycles. The Morgan fingerprint density at radius 2 is 2.35 bits per heavy atom. The van der Waals surface area contributed by atoms with E-state index in [1.807, 2.05) is 0 Å². The number of esters is 1. The maximum absolute atomic E-state index is 13.0. The predicted octanol–water partition coefficient (Wildman–Crippen LogP) is 1.16. The Hall–Kier alpha value is -2.11. The molecule has 17 heavy (non-hydrogen) atoms. The van der Waals surface area contributed by atoms with Crippen LogP contribution in [-0.4, -0.2) is 22.0 Å². The summed E-state index contributed by atoms with van der Waals surface area (Å²) in [6.45, 7) is 2.03. The van der Waals surface area contributed by atoms with Crippen LogP contribution >= 0.6 is 0 Å². The summed E-state index contributed by atoms with van der Waals surface area (Å²) in [7, 11) is 0. The fraction of sp³-hybridized carbons (Fsp3) is 0.273. The Balaban J connectivity index is 2.35. The summed E-state index contributed by atoms with van der Waals surface area (Å²) >= 11 is 0. The lowest BCUT2D eigenvalue weighted by atomic mass is 10.3. The van der Waals surface area contributed by atoms with Crippen LogP contribution < -0.4 is 5.73 Å². The van der Waals surface area contributed by atoms with Gasteiger partial charge in [-0.2, -0.15) is 0 Å². The zero-order valence-electron chi connectivity index (χ0n) is 9.31. The topological polar surface area (TPSA) is 69.6 Å². The van der Waals surface area contributed by atoms with Crippen LogP contribution in [0.25, 0.3) is 5.65 Å². The van der Waals surface area contributed by atoms with Crippen LogP contribution in [0.5, 0.6) is 0 Å². The monoisotopic (exact) mass is 237 g/mol. The molecule has 6 heteroatoms. The highest BCUT2D eigenvalue weighted by Gasteiger charge is 2.13. The van der Waals surface area contributed by atoms with Gasteiger partial charge in [0.25, 0.3) is 0 Å². The smallest absolute Gasteiger partial charge is 0.312 e. The number of carbonyl (C=O) groups is 1. The summed E-state index contributed by atoms with van der Waals surface area (Å²) in [6.07, 6.45) is 1.22. The third-order valence-corrected chi connectivity index (χ3v) is 2.31. The number of ether oxygens (including phenoxy) is 1. The molecule has 5 nitrogen and oxygen atoms in total. The van der Waals surface area contributed by atoms with Gasteiger partial charge in [0.1, 0.15) is 17.3 Å². The molecule has 2 heterocycles. The largest absolute Gasteiger partial charge is 0.466 e. The molecular weight excluding hydrogens is 225 g/mol. The molecule has 0 aliphatic rings. The summed E-state index contributed by atoms with van der Waals surface area (Å²) in [5.74, 6) is -0.556. The average molecular weight is 237 g/mol. The molecule has 0 saturated heterocycles. The van der Waals surface area contributed by atoms with E-state index >= 15 is 0 Å². The zero-order chi connectivity index (χ0) is 12.4. The first kappa shape index (κ1) is 11.4. The molecule has 0 saturated carbocycles. The minimum atomic E-state index is -0.413. The Morgan fingerprint density at radius 1 is 1.59 bits per heavy atom. The number of hydrogen-bond donors (Lipinski definition) is 1. The summed E-state index contributed by atoms with van der Waals surface area (Å²) in [6, 6.07) is 2.79. The van der Waals surface area contributed by atoms with Crippen LogP contribution in [0.15, 0.2) is 18.3 Å². The van der Waals surface area contributed by atoms with Gasteiger partial charge in [0.05, 0.1) is 18.7 Å². The van der Waals surface area contributed by atoms with E-state index in [-0.39, 0.29) is 12.2 Å². The third-order valence-electron chi connectivity index (χ3n) is 2.31. The lowest BCUT2D eigenvalue weighted by molar-refractivity contribution is -0.142. The average Bonchev–Trinajstić information content (AvgIpc) is 2.57. The number of pyridine rings is 1. The van der Waals surface area contributed by atoms with Crippen LogP contribution in [-0.2, 0) is 16.0 Å². The second-order valence-electron chi connectivity index (χ2n) is 3.50. The van der Waals surface area contributed by atoms with E-state index in [0.717, 1.165) is 0 Å². The van der Waals surface area contributed by atoms with Crippen molar-refractivity contribution in [3.8, 4) is 0 Å². The quantitative estimate of drug-likeness (QED) is 0.813. The lowest BCUT2D eigenvalue weighted by Gasteiger charge is -2.00. The second kappa shape index (κ2) is 4.40. The van der Waals surface area contributed by atoms with Crippen molar-refractivity contribution in [3.05, 3.63) is 29.8 Å². The summed E-state index contributed by atoms with van der Waals surface area (Å²) < 4.78 is 19.2. The molecule has 0 aliphatic heterocycles. The van der Waals surface area contributed by atoms with E-state index in [0.29, 0.717) is 17.9 Å². The number of fused-ring (bicyclic) bond motifs is 1. The fourth-order valence-electron chi connectivity index (χ4n) is 1.56. The zero-order valence-corrected chi connectivity index (χ0v) is 9.31. The van der Waals surface area contributed by atoms with Crippen molar-refractivity contribution >= 4 is 17.4 Å². The van der Waals surface area contributed by atoms with E-state index in [1.54, 1.807) is 6.92 Å². The highest BCUT2D eigenvalue weighted by atomic mass is 19.1. The molecule has 0 radical (unpaired) electrons. The predicted molar refractivity (Wildman–Crippen MR) is 59.9 cm³/mol. The van der Waals surface area contributed by atoms with Crippen LogP contribution in [0.1, 0.15) is 12.6 Å². The number of nitrogen functional groups attached to an aromatic ring is 1. The van der Waals surface area contributed by atoms with Gasteiger partial charge >= 0.3 is 5.97 Å². The lowest BCUT2D eigenvalue weighted by Crippen LogP contribution is -2.09. The molecule has 0 spiro atoms. The number of nitrogens with two attached hydrogens (primary N) is 1. The Labute approximate surface area is 97.0 Å². The fourth-order valence-corrected chi connectivity index (χ4v) is 1.56. The molecule has 0 aromatic carbocycles. The van der Waals surface area contributed by atoms with Crippen LogP contribution in [0, 0.1) is 5.82 Å². The first-order valence-electron chi connectivity index (χ1n) is 5.19. The molecule has 90 valence electrons. The molecule has 0 unspecified atom stereocenters. The maximum atomic E-state index is 13.0. The minimum absolute atomic E-state index is 0.0109. The van der Waals surface area contributed by atoms with Crippen molar-refractivity contribution < 1.29 is 13.9 Å². The van der Waals surface area contributed by atoms with Gasteiger partial charge in [-0.15, -0.1) is 0 Å².